The maximum atomic E-state index is 12.2. The largest absolute Gasteiger partial charge is 0.395 e. The van der Waals surface area contributed by atoms with Crippen LogP contribution in [0.4, 0.5) is 0 Å². The van der Waals surface area contributed by atoms with E-state index < -0.39 is 9.84 Å². The Labute approximate surface area is 144 Å². The molecule has 1 aliphatic carbocycles. The molecule has 1 saturated carbocycles. The fourth-order valence-corrected chi connectivity index (χ4v) is 4.30. The minimum atomic E-state index is -3.42. The lowest BCUT2D eigenvalue weighted by atomic mass is 9.94. The van der Waals surface area contributed by atoms with Crippen molar-refractivity contribution in [3.63, 3.8) is 0 Å². The van der Waals surface area contributed by atoms with Crippen LogP contribution in [-0.2, 0) is 21.2 Å². The third kappa shape index (κ3) is 5.31. The average Bonchev–Trinajstić information content (AvgIpc) is 3.06. The zero-order valence-electron chi connectivity index (χ0n) is 14.2. The van der Waals surface area contributed by atoms with Crippen molar-refractivity contribution in [1.29, 1.82) is 0 Å². The molecule has 1 unspecified atom stereocenters. The molecule has 1 aliphatic rings. The Morgan fingerprint density at radius 2 is 1.88 bits per heavy atom. The molecule has 2 rings (SSSR count). The number of carbonyl (C=O) groups is 1. The topological polar surface area (TPSA) is 83.5 Å². The summed E-state index contributed by atoms with van der Waals surface area (Å²) in [7, 11) is -3.42. The Balaban J connectivity index is 1.84. The van der Waals surface area contributed by atoms with Crippen LogP contribution in [0.3, 0.4) is 0 Å². The van der Waals surface area contributed by atoms with Crippen molar-refractivity contribution in [3.05, 3.63) is 29.8 Å². The van der Waals surface area contributed by atoms with Gasteiger partial charge in [0, 0.05) is 12.5 Å². The zero-order chi connectivity index (χ0) is 17.6. The molecule has 1 aromatic rings. The summed E-state index contributed by atoms with van der Waals surface area (Å²) in [4.78, 5) is 12.4. The first kappa shape index (κ1) is 18.9. The molecular formula is C18H27NO4S. The van der Waals surface area contributed by atoms with Crippen LogP contribution in [0.15, 0.2) is 29.2 Å². The molecule has 5 nitrogen and oxygen atoms in total. The fraction of sp³-hybridized carbons (Fsp3) is 0.611. The predicted octanol–water partition coefficient (Wildman–Crippen LogP) is 2.29. The number of sulfone groups is 1. The lowest BCUT2D eigenvalue weighted by Gasteiger charge is -2.16. The summed E-state index contributed by atoms with van der Waals surface area (Å²) in [5.41, 5.74) is 0.861. The Morgan fingerprint density at radius 3 is 2.46 bits per heavy atom. The van der Waals surface area contributed by atoms with Gasteiger partial charge in [0.15, 0.2) is 9.84 Å². The average molecular weight is 353 g/mol. The normalized spacial score (nSPS) is 16.9. The molecule has 0 bridgehead atoms. The van der Waals surface area contributed by atoms with E-state index in [-0.39, 0.29) is 29.1 Å². The Kier molecular flexibility index (Phi) is 6.80. The van der Waals surface area contributed by atoms with Crippen LogP contribution in [0.2, 0.25) is 0 Å². The summed E-state index contributed by atoms with van der Waals surface area (Å²) in [5.74, 6) is 0.472. The van der Waals surface area contributed by atoms with Gasteiger partial charge in [0.2, 0.25) is 5.91 Å². The van der Waals surface area contributed by atoms with Crippen molar-refractivity contribution in [2.24, 2.45) is 11.8 Å². The second-order valence-corrected chi connectivity index (χ2v) is 8.80. The van der Waals surface area contributed by atoms with Gasteiger partial charge in [-0.25, -0.2) is 8.42 Å². The van der Waals surface area contributed by atoms with Crippen LogP contribution in [0, 0.1) is 11.8 Å². The monoisotopic (exact) mass is 353 g/mol. The molecular weight excluding hydrogens is 326 g/mol. The van der Waals surface area contributed by atoms with Crippen molar-refractivity contribution >= 4 is 15.7 Å². The van der Waals surface area contributed by atoms with Gasteiger partial charge >= 0.3 is 0 Å². The van der Waals surface area contributed by atoms with Crippen molar-refractivity contribution in [3.8, 4) is 0 Å². The van der Waals surface area contributed by atoms with E-state index in [1.54, 1.807) is 12.1 Å². The highest BCUT2D eigenvalue weighted by molar-refractivity contribution is 7.91. The minimum Gasteiger partial charge on any atom is -0.395 e. The van der Waals surface area contributed by atoms with Crippen LogP contribution >= 0.6 is 0 Å². The van der Waals surface area contributed by atoms with Gasteiger partial charge in [-0.1, -0.05) is 44.7 Å². The van der Waals surface area contributed by atoms with E-state index >= 15 is 0 Å². The van der Waals surface area contributed by atoms with Gasteiger partial charge in [-0.15, -0.1) is 0 Å². The molecule has 0 spiro atoms. The van der Waals surface area contributed by atoms with E-state index in [1.165, 1.54) is 37.8 Å². The summed E-state index contributed by atoms with van der Waals surface area (Å²) >= 11 is 0. The maximum Gasteiger partial charge on any atom is 0.223 e. The molecule has 0 saturated heterocycles. The highest BCUT2D eigenvalue weighted by Crippen LogP contribution is 2.30. The zero-order valence-corrected chi connectivity index (χ0v) is 15.0. The maximum absolute atomic E-state index is 12.2. The second kappa shape index (κ2) is 8.62. The predicted molar refractivity (Wildman–Crippen MR) is 93.2 cm³/mol. The lowest BCUT2D eigenvalue weighted by Crippen LogP contribution is -2.29. The third-order valence-electron chi connectivity index (χ3n) is 4.72. The van der Waals surface area contributed by atoms with Gasteiger partial charge in [0.1, 0.15) is 0 Å². The molecule has 0 aliphatic heterocycles. The number of nitrogens with one attached hydrogen (secondary N) is 1. The number of aliphatic hydroxyl groups is 1. The van der Waals surface area contributed by atoms with E-state index in [1.807, 2.05) is 6.92 Å². The summed E-state index contributed by atoms with van der Waals surface area (Å²) in [6, 6.07) is 6.45. The van der Waals surface area contributed by atoms with E-state index in [9.17, 15) is 13.2 Å². The Hall–Kier alpha value is -1.40. The van der Waals surface area contributed by atoms with Crippen LogP contribution < -0.4 is 5.32 Å². The molecule has 2 N–H and O–H groups in total. The van der Waals surface area contributed by atoms with Crippen molar-refractivity contribution in [2.75, 3.05) is 12.4 Å². The lowest BCUT2D eigenvalue weighted by molar-refractivity contribution is -0.125. The van der Waals surface area contributed by atoms with Gasteiger partial charge < -0.3 is 10.4 Å². The van der Waals surface area contributed by atoms with E-state index in [0.29, 0.717) is 12.5 Å². The molecule has 1 fully saturated rings. The molecule has 24 heavy (non-hydrogen) atoms. The first-order valence-electron chi connectivity index (χ1n) is 8.62. The molecule has 134 valence electrons. The standard InChI is InChI=1S/C18H27NO4S/c1-14(12-15-4-2-3-5-15)18(21)19-13-16-6-8-17(9-7-16)24(22,23)11-10-20/h6-9,14-15,20H,2-5,10-13H2,1H3,(H,19,21). The van der Waals surface area contributed by atoms with Crippen LogP contribution in [0.5, 0.6) is 0 Å². The van der Waals surface area contributed by atoms with Gasteiger partial charge in [0.25, 0.3) is 0 Å². The molecule has 6 heteroatoms. The number of amides is 1. The third-order valence-corrected chi connectivity index (χ3v) is 6.43. The summed E-state index contributed by atoms with van der Waals surface area (Å²) in [6.45, 7) is 1.98. The number of hydrogen-bond donors (Lipinski definition) is 2. The van der Waals surface area contributed by atoms with Gasteiger partial charge in [0.05, 0.1) is 17.3 Å². The first-order chi connectivity index (χ1) is 11.4. The highest BCUT2D eigenvalue weighted by Gasteiger charge is 2.21. The molecule has 1 amide bonds. The summed E-state index contributed by atoms with van der Waals surface area (Å²) < 4.78 is 23.7. The van der Waals surface area contributed by atoms with Crippen LogP contribution in [-0.4, -0.2) is 31.8 Å². The quantitative estimate of drug-likeness (QED) is 0.751. The van der Waals surface area contributed by atoms with Gasteiger partial charge in [-0.3, -0.25) is 4.79 Å². The second-order valence-electron chi connectivity index (χ2n) is 6.69. The summed E-state index contributed by atoms with van der Waals surface area (Å²) in [6.07, 6.45) is 5.99. The molecule has 1 atom stereocenters. The van der Waals surface area contributed by atoms with Crippen molar-refractivity contribution in [1.82, 2.24) is 5.32 Å². The van der Waals surface area contributed by atoms with Crippen molar-refractivity contribution in [2.45, 2.75) is 50.5 Å². The number of rotatable bonds is 8. The number of benzene rings is 1. The number of hydrogen-bond acceptors (Lipinski definition) is 4. The first-order valence-corrected chi connectivity index (χ1v) is 10.3. The Bertz CT molecular complexity index is 633. The number of carbonyl (C=O) groups excluding carboxylic acids is 1. The van der Waals surface area contributed by atoms with E-state index in [4.69, 9.17) is 5.11 Å². The SMILES string of the molecule is CC(CC1CCCC1)C(=O)NCc1ccc(S(=O)(=O)CCO)cc1. The Morgan fingerprint density at radius 1 is 1.25 bits per heavy atom. The molecule has 0 aromatic heterocycles. The van der Waals surface area contributed by atoms with E-state index in [2.05, 4.69) is 5.32 Å². The highest BCUT2D eigenvalue weighted by atomic mass is 32.2. The fourth-order valence-electron chi connectivity index (χ4n) is 3.27. The number of aliphatic hydroxyl groups excluding tert-OH is 1. The molecule has 0 radical (unpaired) electrons. The van der Waals surface area contributed by atoms with E-state index in [0.717, 1.165) is 12.0 Å². The van der Waals surface area contributed by atoms with Crippen LogP contribution in [0.1, 0.15) is 44.6 Å². The van der Waals surface area contributed by atoms with Crippen molar-refractivity contribution < 1.29 is 18.3 Å². The minimum absolute atomic E-state index is 0.0114. The summed E-state index contributed by atoms with van der Waals surface area (Å²) in [5, 5.41) is 11.7. The smallest absolute Gasteiger partial charge is 0.223 e. The van der Waals surface area contributed by atoms with Crippen LogP contribution in [0.25, 0.3) is 0 Å². The van der Waals surface area contributed by atoms with Gasteiger partial charge in [-0.05, 0) is 30.0 Å². The van der Waals surface area contributed by atoms with Gasteiger partial charge in [-0.2, -0.15) is 0 Å². The molecule has 0 heterocycles. The molecule has 1 aromatic carbocycles.